The van der Waals surface area contributed by atoms with E-state index in [0.717, 1.165) is 36.0 Å². The van der Waals surface area contributed by atoms with Crippen LogP contribution in [0.4, 0.5) is 0 Å². The van der Waals surface area contributed by atoms with Crippen LogP contribution in [0.25, 0.3) is 0 Å². The van der Waals surface area contributed by atoms with Gasteiger partial charge in [0.25, 0.3) is 0 Å². The fraction of sp³-hybridized carbons (Fsp3) is 0.417. The first-order valence-electron chi connectivity index (χ1n) is 5.41. The van der Waals surface area contributed by atoms with E-state index in [1.807, 2.05) is 19.1 Å². The molecule has 3 nitrogen and oxygen atoms in total. The average Bonchev–Trinajstić information content (AvgIpc) is 2.84. The van der Waals surface area contributed by atoms with Gasteiger partial charge in [-0.25, -0.2) is 4.98 Å². The largest absolute Gasteiger partial charge is 0.469 e. The van der Waals surface area contributed by atoms with Crippen LogP contribution in [0.5, 0.6) is 0 Å². The molecule has 0 aromatic carbocycles. The maximum absolute atomic E-state index is 5.26. The second-order valence-corrected chi connectivity index (χ2v) is 5.04. The molecular weight excluding hydrogens is 220 g/mol. The highest BCUT2D eigenvalue weighted by Gasteiger charge is 2.03. The third-order valence-corrected chi connectivity index (χ3v) is 3.49. The van der Waals surface area contributed by atoms with Crippen molar-refractivity contribution in [2.45, 2.75) is 26.8 Å². The van der Waals surface area contributed by atoms with E-state index in [1.165, 1.54) is 4.88 Å². The minimum Gasteiger partial charge on any atom is -0.469 e. The quantitative estimate of drug-likeness (QED) is 0.811. The Bertz CT molecular complexity index is 434. The van der Waals surface area contributed by atoms with E-state index >= 15 is 0 Å². The molecule has 0 saturated heterocycles. The van der Waals surface area contributed by atoms with Gasteiger partial charge in [-0.15, -0.1) is 11.3 Å². The third kappa shape index (κ3) is 2.93. The van der Waals surface area contributed by atoms with E-state index in [-0.39, 0.29) is 0 Å². The van der Waals surface area contributed by atoms with Crippen molar-refractivity contribution < 1.29 is 4.42 Å². The lowest BCUT2D eigenvalue weighted by atomic mass is 10.3. The number of nitrogens with zero attached hydrogens (tertiary/aromatic N) is 1. The molecule has 0 fully saturated rings. The van der Waals surface area contributed by atoms with E-state index in [0.29, 0.717) is 0 Å². The van der Waals surface area contributed by atoms with Gasteiger partial charge in [0, 0.05) is 24.4 Å². The molecule has 0 aliphatic rings. The second-order valence-electron chi connectivity index (χ2n) is 3.75. The number of hydrogen-bond acceptors (Lipinski definition) is 4. The Kier molecular flexibility index (Phi) is 3.74. The molecule has 4 heteroatoms. The molecule has 0 saturated carbocycles. The van der Waals surface area contributed by atoms with Crippen LogP contribution in [0.1, 0.15) is 21.3 Å². The zero-order valence-electron chi connectivity index (χ0n) is 9.62. The minimum absolute atomic E-state index is 0.901. The highest BCUT2D eigenvalue weighted by molar-refractivity contribution is 7.11. The Morgan fingerprint density at radius 2 is 2.31 bits per heavy atom. The zero-order chi connectivity index (χ0) is 11.4. The number of rotatable bonds is 5. The van der Waals surface area contributed by atoms with Crippen LogP contribution >= 0.6 is 11.3 Å². The molecule has 0 amide bonds. The van der Waals surface area contributed by atoms with Crippen molar-refractivity contribution in [1.29, 1.82) is 0 Å². The maximum atomic E-state index is 5.26. The molecule has 2 rings (SSSR count). The second kappa shape index (κ2) is 5.27. The Hall–Kier alpha value is -1.13. The average molecular weight is 236 g/mol. The Morgan fingerprint density at radius 3 is 2.94 bits per heavy atom. The number of aromatic nitrogens is 1. The fourth-order valence-corrected chi connectivity index (χ4v) is 2.51. The molecule has 2 aromatic rings. The van der Waals surface area contributed by atoms with Crippen molar-refractivity contribution in [2.24, 2.45) is 0 Å². The molecule has 0 radical (unpaired) electrons. The van der Waals surface area contributed by atoms with E-state index < -0.39 is 0 Å². The summed E-state index contributed by atoms with van der Waals surface area (Å²) in [5.74, 6) is 1.03. The minimum atomic E-state index is 0.901. The van der Waals surface area contributed by atoms with Gasteiger partial charge < -0.3 is 9.73 Å². The summed E-state index contributed by atoms with van der Waals surface area (Å²) < 4.78 is 5.26. The SMILES string of the molecule is Cc1nc(C)c(CNCCc2ccco2)s1. The third-order valence-electron chi connectivity index (χ3n) is 2.41. The summed E-state index contributed by atoms with van der Waals surface area (Å²) in [6.45, 7) is 5.94. The summed E-state index contributed by atoms with van der Waals surface area (Å²) in [6.07, 6.45) is 2.65. The summed E-state index contributed by atoms with van der Waals surface area (Å²) >= 11 is 1.77. The van der Waals surface area contributed by atoms with Crippen molar-refractivity contribution in [3.63, 3.8) is 0 Å². The molecular formula is C12H16N2OS. The lowest BCUT2D eigenvalue weighted by Gasteiger charge is -2.01. The van der Waals surface area contributed by atoms with Gasteiger partial charge in [-0.05, 0) is 26.0 Å². The smallest absolute Gasteiger partial charge is 0.105 e. The predicted octanol–water partition coefficient (Wildman–Crippen LogP) is 2.69. The lowest BCUT2D eigenvalue weighted by molar-refractivity contribution is 0.499. The fourth-order valence-electron chi connectivity index (χ4n) is 1.61. The van der Waals surface area contributed by atoms with Crippen LogP contribution in [-0.4, -0.2) is 11.5 Å². The van der Waals surface area contributed by atoms with Gasteiger partial charge in [-0.1, -0.05) is 0 Å². The number of nitrogens with one attached hydrogen (secondary N) is 1. The summed E-state index contributed by atoms with van der Waals surface area (Å²) in [5.41, 5.74) is 1.15. The summed E-state index contributed by atoms with van der Waals surface area (Å²) in [5, 5.41) is 4.54. The van der Waals surface area contributed by atoms with Gasteiger partial charge in [-0.3, -0.25) is 0 Å². The molecule has 0 spiro atoms. The van der Waals surface area contributed by atoms with Gasteiger partial charge in [0.05, 0.1) is 17.0 Å². The molecule has 0 unspecified atom stereocenters. The molecule has 0 aliphatic carbocycles. The van der Waals surface area contributed by atoms with Crippen molar-refractivity contribution in [2.75, 3.05) is 6.54 Å². The maximum Gasteiger partial charge on any atom is 0.105 e. The zero-order valence-corrected chi connectivity index (χ0v) is 10.4. The predicted molar refractivity (Wildman–Crippen MR) is 65.7 cm³/mol. The number of aryl methyl sites for hydroxylation is 2. The molecule has 1 N–H and O–H groups in total. The highest BCUT2D eigenvalue weighted by atomic mass is 32.1. The van der Waals surface area contributed by atoms with Gasteiger partial charge in [0.15, 0.2) is 0 Å². The summed E-state index contributed by atoms with van der Waals surface area (Å²) in [7, 11) is 0. The summed E-state index contributed by atoms with van der Waals surface area (Å²) in [6, 6.07) is 3.93. The first kappa shape index (κ1) is 11.4. The Morgan fingerprint density at radius 1 is 1.44 bits per heavy atom. The molecule has 0 bridgehead atoms. The molecule has 2 heterocycles. The van der Waals surface area contributed by atoms with Crippen LogP contribution < -0.4 is 5.32 Å². The topological polar surface area (TPSA) is 38.1 Å². The Labute approximate surface area is 99.5 Å². The monoisotopic (exact) mass is 236 g/mol. The number of hydrogen-bond donors (Lipinski definition) is 1. The highest BCUT2D eigenvalue weighted by Crippen LogP contribution is 2.16. The molecule has 0 aliphatic heterocycles. The van der Waals surface area contributed by atoms with Crippen LogP contribution in [0, 0.1) is 13.8 Å². The standard InChI is InChI=1S/C12H16N2OS/c1-9-12(16-10(2)14-9)8-13-6-5-11-4-3-7-15-11/h3-4,7,13H,5-6,8H2,1-2H3. The van der Waals surface area contributed by atoms with Gasteiger partial charge >= 0.3 is 0 Å². The van der Waals surface area contributed by atoms with E-state index in [4.69, 9.17) is 4.42 Å². The van der Waals surface area contributed by atoms with E-state index in [9.17, 15) is 0 Å². The van der Waals surface area contributed by atoms with Crippen LogP contribution in [-0.2, 0) is 13.0 Å². The van der Waals surface area contributed by atoms with Gasteiger partial charge in [-0.2, -0.15) is 0 Å². The van der Waals surface area contributed by atoms with Crippen LogP contribution in [0.2, 0.25) is 0 Å². The first-order chi connectivity index (χ1) is 7.75. The number of thiazole rings is 1. The molecule has 0 atom stereocenters. The van der Waals surface area contributed by atoms with Crippen molar-refractivity contribution >= 4 is 11.3 Å². The van der Waals surface area contributed by atoms with Crippen molar-refractivity contribution in [1.82, 2.24) is 10.3 Å². The lowest BCUT2D eigenvalue weighted by Crippen LogP contribution is -2.16. The molecule has 2 aromatic heterocycles. The van der Waals surface area contributed by atoms with E-state index in [2.05, 4.69) is 17.2 Å². The van der Waals surface area contributed by atoms with E-state index in [1.54, 1.807) is 17.6 Å². The van der Waals surface area contributed by atoms with Gasteiger partial charge in [0.2, 0.25) is 0 Å². The van der Waals surface area contributed by atoms with Crippen molar-refractivity contribution in [3.05, 3.63) is 39.7 Å². The first-order valence-corrected chi connectivity index (χ1v) is 6.23. The van der Waals surface area contributed by atoms with Crippen molar-refractivity contribution in [3.8, 4) is 0 Å². The Balaban J connectivity index is 1.74. The molecule has 86 valence electrons. The summed E-state index contributed by atoms with van der Waals surface area (Å²) in [4.78, 5) is 5.73. The van der Waals surface area contributed by atoms with Crippen LogP contribution in [0.15, 0.2) is 22.8 Å². The molecule has 16 heavy (non-hydrogen) atoms. The van der Waals surface area contributed by atoms with Crippen LogP contribution in [0.3, 0.4) is 0 Å². The number of furan rings is 1. The normalized spacial score (nSPS) is 10.9. The van der Waals surface area contributed by atoms with Gasteiger partial charge in [0.1, 0.15) is 5.76 Å².